The molecule has 0 spiro atoms. The Balaban J connectivity index is 1.87. The largest absolute Gasteiger partial charge is 0.0622 e. The van der Waals surface area contributed by atoms with E-state index >= 15 is 0 Å². The van der Waals surface area contributed by atoms with Gasteiger partial charge in [-0.15, -0.1) is 0 Å². The molecule has 0 heterocycles. The Kier molecular flexibility index (Phi) is 9.70. The second kappa shape index (κ2) is 12.5. The molecule has 0 saturated heterocycles. The van der Waals surface area contributed by atoms with E-state index in [1.165, 1.54) is 48.5 Å². The molecule has 0 aliphatic rings. The van der Waals surface area contributed by atoms with Crippen LogP contribution in [0.5, 0.6) is 0 Å². The van der Waals surface area contributed by atoms with Crippen molar-refractivity contribution >= 4 is 28.3 Å². The maximum atomic E-state index is 2.53. The summed E-state index contributed by atoms with van der Waals surface area (Å²) in [5.41, 5.74) is 4.66. The van der Waals surface area contributed by atoms with Crippen molar-refractivity contribution in [2.45, 2.75) is 44.9 Å². The molecule has 3 aromatic rings. The molecule has 0 saturated carbocycles. The second-order valence-electron chi connectivity index (χ2n) is 8.18. The van der Waals surface area contributed by atoms with Crippen molar-refractivity contribution in [1.82, 2.24) is 0 Å². The first-order valence-corrected chi connectivity index (χ1v) is 15.1. The zero-order valence-electron chi connectivity index (χ0n) is 17.2. The van der Waals surface area contributed by atoms with Gasteiger partial charge in [-0.1, -0.05) is 132 Å². The van der Waals surface area contributed by atoms with Crippen LogP contribution < -0.4 is 0 Å². The first-order chi connectivity index (χ1) is 14.3. The van der Waals surface area contributed by atoms with Crippen LogP contribution in [0.4, 0.5) is 0 Å². The van der Waals surface area contributed by atoms with E-state index in [0.29, 0.717) is 0 Å². The molecule has 152 valence electrons. The number of benzene rings is 3. The molecule has 0 fully saturated rings. The van der Waals surface area contributed by atoms with E-state index < -0.39 is 0 Å². The quantitative estimate of drug-likeness (QED) is 0.130. The summed E-state index contributed by atoms with van der Waals surface area (Å²) in [6.07, 6.45) is 11.2. The topological polar surface area (TPSA) is 0 Å². The molecular weight excluding hydrogens is 482 g/mol. The van der Waals surface area contributed by atoms with Crippen molar-refractivity contribution in [3.05, 3.63) is 108 Å². The van der Waals surface area contributed by atoms with E-state index in [1.54, 1.807) is 0 Å². The Bertz CT molecular complexity index is 700. The highest BCUT2D eigenvalue weighted by Crippen LogP contribution is 2.38. The molecule has 0 amide bonds. The summed E-state index contributed by atoms with van der Waals surface area (Å²) in [4.78, 5) is 0. The van der Waals surface area contributed by atoms with Gasteiger partial charge in [0.05, 0.1) is 0 Å². The van der Waals surface area contributed by atoms with E-state index in [0.717, 1.165) is 25.5 Å². The number of hydrogen-bond donors (Lipinski definition) is 0. The van der Waals surface area contributed by atoms with Crippen LogP contribution in [-0.4, -0.2) is 6.16 Å². The van der Waals surface area contributed by atoms with Crippen molar-refractivity contribution in [3.8, 4) is 0 Å². The highest BCUT2D eigenvalue weighted by molar-refractivity contribution is 14.2. The van der Waals surface area contributed by atoms with Gasteiger partial charge < -0.3 is 0 Å². The summed E-state index contributed by atoms with van der Waals surface area (Å²) in [5.74, 6) is 0. The maximum absolute atomic E-state index is 2.53. The van der Waals surface area contributed by atoms with Crippen LogP contribution in [0.2, 0.25) is 0 Å². The minimum Gasteiger partial charge on any atom is -0.0622 e. The summed E-state index contributed by atoms with van der Waals surface area (Å²) < 4.78 is 0. The third-order valence-electron chi connectivity index (χ3n) is 5.74. The number of halogens is 1. The monoisotopic (exact) mass is 514 g/mol. The van der Waals surface area contributed by atoms with Gasteiger partial charge in [-0.25, -0.2) is 0 Å². The van der Waals surface area contributed by atoms with Crippen LogP contribution in [0, 0.1) is 5.41 Å². The van der Waals surface area contributed by atoms with Crippen molar-refractivity contribution in [3.63, 3.8) is 0 Å². The average molecular weight is 514 g/mol. The molecular formula is C27H32IP. The molecule has 1 unspecified atom stereocenters. The standard InChI is InChI=1S/C27H32IP/c28-29-20-12-4-11-19-27(21-24-13-5-1-6-14-24,22-25-15-7-2-8-16-25)23-26-17-9-3-10-18-26/h1-3,5-10,13-18,29H,4,11-12,19-23H2. The summed E-state index contributed by atoms with van der Waals surface area (Å²) in [7, 11) is 0. The molecule has 29 heavy (non-hydrogen) atoms. The first kappa shape index (κ1) is 22.5. The van der Waals surface area contributed by atoms with Gasteiger partial charge in [0.15, 0.2) is 0 Å². The normalized spacial score (nSPS) is 11.9. The fraction of sp³-hybridized carbons (Fsp3) is 0.333. The summed E-state index contributed by atoms with van der Waals surface area (Å²) in [5, 5.41) is 0. The molecule has 3 rings (SSSR count). The van der Waals surface area contributed by atoms with Gasteiger partial charge in [0, 0.05) is 0 Å². The molecule has 0 aliphatic carbocycles. The molecule has 0 bridgehead atoms. The van der Waals surface area contributed by atoms with Crippen LogP contribution in [0.3, 0.4) is 0 Å². The molecule has 0 aliphatic heterocycles. The molecule has 0 aromatic heterocycles. The van der Waals surface area contributed by atoms with Crippen molar-refractivity contribution in [1.29, 1.82) is 0 Å². The molecule has 2 heteroatoms. The third kappa shape index (κ3) is 7.87. The van der Waals surface area contributed by atoms with Crippen molar-refractivity contribution in [2.24, 2.45) is 5.41 Å². The van der Waals surface area contributed by atoms with Crippen LogP contribution in [0.25, 0.3) is 0 Å². The van der Waals surface area contributed by atoms with Gasteiger partial charge in [0.2, 0.25) is 0 Å². The summed E-state index contributed by atoms with van der Waals surface area (Å²) >= 11 is 2.53. The lowest BCUT2D eigenvalue weighted by molar-refractivity contribution is 0.244. The Morgan fingerprint density at radius 3 is 1.34 bits per heavy atom. The minimum absolute atomic E-state index is 0.261. The Morgan fingerprint density at radius 1 is 0.552 bits per heavy atom. The van der Waals surface area contributed by atoms with Crippen LogP contribution >= 0.6 is 28.3 Å². The SMILES string of the molecule is IPCCCCCC(Cc1ccccc1)(Cc1ccccc1)Cc1ccccc1. The Morgan fingerprint density at radius 2 is 0.966 bits per heavy atom. The average Bonchev–Trinajstić information content (AvgIpc) is 2.76. The lowest BCUT2D eigenvalue weighted by Crippen LogP contribution is -2.30. The highest BCUT2D eigenvalue weighted by atomic mass is 127. The van der Waals surface area contributed by atoms with Gasteiger partial charge >= 0.3 is 0 Å². The Labute approximate surface area is 191 Å². The van der Waals surface area contributed by atoms with Gasteiger partial charge in [0.25, 0.3) is 0 Å². The van der Waals surface area contributed by atoms with Gasteiger partial charge in [-0.2, -0.15) is 0 Å². The zero-order valence-corrected chi connectivity index (χ0v) is 20.4. The lowest BCUT2D eigenvalue weighted by Gasteiger charge is -2.35. The van der Waals surface area contributed by atoms with Crippen LogP contribution in [0.15, 0.2) is 91.0 Å². The predicted octanol–water partition coefficient (Wildman–Crippen LogP) is 8.29. The van der Waals surface area contributed by atoms with Crippen molar-refractivity contribution < 1.29 is 0 Å². The van der Waals surface area contributed by atoms with Gasteiger partial charge in [0.1, 0.15) is 0 Å². The lowest BCUT2D eigenvalue weighted by atomic mass is 9.69. The maximum Gasteiger partial charge on any atom is -0.0176 e. The van der Waals surface area contributed by atoms with E-state index in [-0.39, 0.29) is 5.41 Å². The second-order valence-corrected chi connectivity index (χ2v) is 11.2. The van der Waals surface area contributed by atoms with Gasteiger partial charge in [-0.3, -0.25) is 0 Å². The minimum atomic E-state index is 0.261. The fourth-order valence-electron chi connectivity index (χ4n) is 4.41. The molecule has 0 N–H and O–H groups in total. The summed E-state index contributed by atoms with van der Waals surface area (Å²) in [6.45, 7) is 0. The number of unbranched alkanes of at least 4 members (excludes halogenated alkanes) is 2. The van der Waals surface area contributed by atoms with E-state index in [4.69, 9.17) is 0 Å². The van der Waals surface area contributed by atoms with Crippen molar-refractivity contribution in [2.75, 3.05) is 6.16 Å². The third-order valence-corrected chi connectivity index (χ3v) is 7.90. The van der Waals surface area contributed by atoms with E-state index in [1.807, 2.05) is 0 Å². The number of rotatable bonds is 12. The molecule has 0 radical (unpaired) electrons. The summed E-state index contributed by atoms with van der Waals surface area (Å²) in [6, 6.07) is 33.4. The first-order valence-electron chi connectivity index (χ1n) is 10.7. The number of hydrogen-bond acceptors (Lipinski definition) is 0. The van der Waals surface area contributed by atoms with E-state index in [2.05, 4.69) is 113 Å². The molecule has 3 aromatic carbocycles. The smallest absolute Gasteiger partial charge is 0.0176 e. The predicted molar refractivity (Wildman–Crippen MR) is 139 cm³/mol. The zero-order chi connectivity index (χ0) is 20.2. The van der Waals surface area contributed by atoms with Crippen LogP contribution in [0.1, 0.15) is 42.4 Å². The van der Waals surface area contributed by atoms with Gasteiger partial charge in [-0.05, 0) is 60.4 Å². The highest BCUT2D eigenvalue weighted by Gasteiger charge is 2.30. The molecule has 1 atom stereocenters. The van der Waals surface area contributed by atoms with E-state index in [9.17, 15) is 0 Å². The van der Waals surface area contributed by atoms with Crippen LogP contribution in [-0.2, 0) is 19.3 Å². The fourth-order valence-corrected chi connectivity index (χ4v) is 5.94. The Hall–Kier alpha value is -1.18. The molecule has 0 nitrogen and oxygen atoms in total.